The van der Waals surface area contributed by atoms with Crippen LogP contribution in [0.15, 0.2) is 48.3 Å². The van der Waals surface area contributed by atoms with E-state index in [1.165, 1.54) is 4.90 Å². The zero-order valence-corrected chi connectivity index (χ0v) is 15.6. The van der Waals surface area contributed by atoms with Gasteiger partial charge in [0.05, 0.1) is 18.7 Å². The van der Waals surface area contributed by atoms with E-state index in [1.54, 1.807) is 49.8 Å². The van der Waals surface area contributed by atoms with Gasteiger partial charge in [0.15, 0.2) is 0 Å². The van der Waals surface area contributed by atoms with Crippen molar-refractivity contribution in [2.45, 2.75) is 26.3 Å². The van der Waals surface area contributed by atoms with Crippen molar-refractivity contribution in [3.63, 3.8) is 0 Å². The predicted octanol–water partition coefficient (Wildman–Crippen LogP) is 3.23. The summed E-state index contributed by atoms with van der Waals surface area (Å²) < 4.78 is 5.25. The topological polar surface area (TPSA) is 79.7 Å². The molecule has 2 aromatic rings. The van der Waals surface area contributed by atoms with Gasteiger partial charge in [-0.1, -0.05) is 6.92 Å². The quantitative estimate of drug-likeness (QED) is 0.499. The Morgan fingerprint density at radius 1 is 1.22 bits per heavy atom. The molecule has 1 fully saturated rings. The Morgan fingerprint density at radius 2 is 1.93 bits per heavy atom. The number of carbonyl (C=O) groups excluding carboxylic acids is 2. The molecular formula is C21H22N2O4. The van der Waals surface area contributed by atoms with E-state index in [2.05, 4.69) is 4.98 Å². The summed E-state index contributed by atoms with van der Waals surface area (Å²) in [6.07, 6.45) is 3.92. The maximum Gasteiger partial charge on any atom is 0.295 e. The minimum Gasteiger partial charge on any atom is -0.507 e. The molecule has 3 rings (SSSR count). The first-order valence-corrected chi connectivity index (χ1v) is 8.83. The van der Waals surface area contributed by atoms with E-state index in [-0.39, 0.29) is 11.3 Å². The second-order valence-corrected chi connectivity index (χ2v) is 6.46. The molecular weight excluding hydrogens is 344 g/mol. The lowest BCUT2D eigenvalue weighted by Crippen LogP contribution is -2.30. The van der Waals surface area contributed by atoms with Crippen molar-refractivity contribution >= 4 is 17.4 Å². The van der Waals surface area contributed by atoms with Gasteiger partial charge in [-0.3, -0.25) is 14.6 Å². The van der Waals surface area contributed by atoms with Crippen LogP contribution in [0, 0.1) is 6.92 Å². The molecule has 2 heterocycles. The average molecular weight is 366 g/mol. The van der Waals surface area contributed by atoms with E-state index in [9.17, 15) is 14.7 Å². The molecule has 1 N–H and O–H groups in total. The second kappa shape index (κ2) is 7.61. The number of ether oxygens (including phenoxy) is 1. The van der Waals surface area contributed by atoms with E-state index in [0.29, 0.717) is 24.3 Å². The number of nitrogens with zero attached hydrogens (tertiary/aromatic N) is 2. The van der Waals surface area contributed by atoms with E-state index in [4.69, 9.17) is 4.74 Å². The molecule has 140 valence electrons. The molecule has 1 aromatic carbocycles. The zero-order valence-electron chi connectivity index (χ0n) is 15.6. The molecule has 6 nitrogen and oxygen atoms in total. The lowest BCUT2D eigenvalue weighted by atomic mass is 9.95. The van der Waals surface area contributed by atoms with Gasteiger partial charge in [-0.25, -0.2) is 0 Å². The average Bonchev–Trinajstić information content (AvgIpc) is 2.93. The number of aliphatic hydroxyl groups excluding tert-OH is 1. The highest BCUT2D eigenvalue weighted by Crippen LogP contribution is 2.39. The maximum absolute atomic E-state index is 12.7. The number of Topliss-reactive ketones (excluding diaryl/α,β-unsaturated/α-hetero) is 1. The molecule has 0 bridgehead atoms. The molecule has 0 spiro atoms. The number of aromatic nitrogens is 1. The van der Waals surface area contributed by atoms with Crippen molar-refractivity contribution < 1.29 is 19.4 Å². The van der Waals surface area contributed by atoms with E-state index < -0.39 is 17.7 Å². The normalized spacial score (nSPS) is 18.8. The molecule has 1 saturated heterocycles. The van der Waals surface area contributed by atoms with E-state index in [1.807, 2.05) is 13.8 Å². The van der Waals surface area contributed by atoms with Gasteiger partial charge in [-0.15, -0.1) is 0 Å². The highest BCUT2D eigenvalue weighted by Gasteiger charge is 2.45. The van der Waals surface area contributed by atoms with Crippen LogP contribution in [0.5, 0.6) is 5.75 Å². The van der Waals surface area contributed by atoms with Gasteiger partial charge in [0.2, 0.25) is 0 Å². The van der Waals surface area contributed by atoms with Crippen molar-refractivity contribution in [3.05, 3.63) is 65.0 Å². The molecule has 0 radical (unpaired) electrons. The van der Waals surface area contributed by atoms with Gasteiger partial charge >= 0.3 is 0 Å². The van der Waals surface area contributed by atoms with Gasteiger partial charge in [0.25, 0.3) is 11.7 Å². The Morgan fingerprint density at radius 3 is 2.52 bits per heavy atom. The summed E-state index contributed by atoms with van der Waals surface area (Å²) >= 11 is 0. The number of likely N-dealkylation sites (tertiary alicyclic amines) is 1. The lowest BCUT2D eigenvalue weighted by Gasteiger charge is -2.24. The number of benzene rings is 1. The van der Waals surface area contributed by atoms with Crippen LogP contribution in [0.1, 0.15) is 36.1 Å². The molecule has 27 heavy (non-hydrogen) atoms. The first kappa shape index (κ1) is 18.6. The number of aryl methyl sites for hydroxylation is 1. The molecule has 0 aliphatic carbocycles. The lowest BCUT2D eigenvalue weighted by molar-refractivity contribution is -0.139. The predicted molar refractivity (Wildman–Crippen MR) is 101 cm³/mol. The number of hydrogen-bond donors (Lipinski definition) is 1. The van der Waals surface area contributed by atoms with Gasteiger partial charge in [0, 0.05) is 24.5 Å². The zero-order chi connectivity index (χ0) is 19.6. The Bertz CT molecular complexity index is 906. The summed E-state index contributed by atoms with van der Waals surface area (Å²) in [5, 5.41) is 10.9. The van der Waals surface area contributed by atoms with Crippen LogP contribution in [0.2, 0.25) is 0 Å². The molecule has 1 atom stereocenters. The minimum absolute atomic E-state index is 0.101. The fourth-order valence-electron chi connectivity index (χ4n) is 3.43. The first-order chi connectivity index (χ1) is 13.0. The van der Waals surface area contributed by atoms with Gasteiger partial charge in [0.1, 0.15) is 11.5 Å². The van der Waals surface area contributed by atoms with Crippen LogP contribution in [-0.2, 0) is 9.59 Å². The highest BCUT2D eigenvalue weighted by atomic mass is 16.5. The summed E-state index contributed by atoms with van der Waals surface area (Å²) in [5.41, 5.74) is 2.14. The first-order valence-electron chi connectivity index (χ1n) is 8.83. The third-order valence-corrected chi connectivity index (χ3v) is 4.69. The Balaban J connectivity index is 2.17. The molecule has 1 aliphatic rings. The van der Waals surface area contributed by atoms with Crippen molar-refractivity contribution in [1.29, 1.82) is 0 Å². The monoisotopic (exact) mass is 366 g/mol. The molecule has 6 heteroatoms. The molecule has 1 aromatic heterocycles. The van der Waals surface area contributed by atoms with E-state index in [0.717, 1.165) is 11.1 Å². The number of ketones is 1. The van der Waals surface area contributed by atoms with Crippen molar-refractivity contribution in [1.82, 2.24) is 9.88 Å². The van der Waals surface area contributed by atoms with Gasteiger partial charge in [-0.05, 0) is 54.8 Å². The standard InChI is InChI=1S/C21H22N2O4/c1-4-11-23-18(14-7-9-22-10-8-14)17(20(25)21(23)26)19(24)15-5-6-16(27-3)13(2)12-15/h5-10,12,18,24H,4,11H2,1-3H3/b19-17-. The summed E-state index contributed by atoms with van der Waals surface area (Å²) in [6, 6.07) is 8.03. The number of hydrogen-bond acceptors (Lipinski definition) is 5. The highest BCUT2D eigenvalue weighted by molar-refractivity contribution is 6.46. The molecule has 1 amide bonds. The van der Waals surface area contributed by atoms with Crippen LogP contribution in [-0.4, -0.2) is 40.3 Å². The summed E-state index contributed by atoms with van der Waals surface area (Å²) in [7, 11) is 1.57. The number of amides is 1. The third kappa shape index (κ3) is 3.30. The molecule has 1 unspecified atom stereocenters. The number of rotatable bonds is 5. The molecule has 0 saturated carbocycles. The van der Waals surface area contributed by atoms with Crippen molar-refractivity contribution in [3.8, 4) is 5.75 Å². The van der Waals surface area contributed by atoms with Crippen LogP contribution in [0.25, 0.3) is 5.76 Å². The SMILES string of the molecule is CCCN1C(=O)C(=O)/C(=C(\O)c2ccc(OC)c(C)c2)C1c1ccncc1. The van der Waals surface area contributed by atoms with Crippen LogP contribution in [0.3, 0.4) is 0 Å². The number of methoxy groups -OCH3 is 1. The Hall–Kier alpha value is -3.15. The van der Waals surface area contributed by atoms with Crippen LogP contribution >= 0.6 is 0 Å². The summed E-state index contributed by atoms with van der Waals surface area (Å²) in [4.78, 5) is 30.9. The molecule has 1 aliphatic heterocycles. The Kier molecular flexibility index (Phi) is 5.26. The maximum atomic E-state index is 12.7. The van der Waals surface area contributed by atoms with Crippen molar-refractivity contribution in [2.24, 2.45) is 0 Å². The second-order valence-electron chi connectivity index (χ2n) is 6.46. The van der Waals surface area contributed by atoms with Crippen molar-refractivity contribution in [2.75, 3.05) is 13.7 Å². The Labute approximate surface area is 158 Å². The number of pyridine rings is 1. The summed E-state index contributed by atoms with van der Waals surface area (Å²) in [5.74, 6) is -0.759. The number of aliphatic hydroxyl groups is 1. The fourth-order valence-corrected chi connectivity index (χ4v) is 3.43. The van der Waals surface area contributed by atoms with Crippen LogP contribution in [0.4, 0.5) is 0 Å². The summed E-state index contributed by atoms with van der Waals surface area (Å²) in [6.45, 7) is 4.22. The van der Waals surface area contributed by atoms with Gasteiger partial charge < -0.3 is 14.7 Å². The van der Waals surface area contributed by atoms with Gasteiger partial charge in [-0.2, -0.15) is 0 Å². The smallest absolute Gasteiger partial charge is 0.295 e. The third-order valence-electron chi connectivity index (χ3n) is 4.69. The van der Waals surface area contributed by atoms with E-state index >= 15 is 0 Å². The van der Waals surface area contributed by atoms with Crippen LogP contribution < -0.4 is 4.74 Å². The fraction of sp³-hybridized carbons (Fsp3) is 0.286. The number of carbonyl (C=O) groups is 2. The minimum atomic E-state index is -0.670. The largest absolute Gasteiger partial charge is 0.507 e.